The predicted molar refractivity (Wildman–Crippen MR) is 111 cm³/mol. The summed E-state index contributed by atoms with van der Waals surface area (Å²) in [6.07, 6.45) is 6.14. The maximum Gasteiger partial charge on any atom is 0.311 e. The highest BCUT2D eigenvalue weighted by molar-refractivity contribution is 6.34. The van der Waals surface area contributed by atoms with Crippen LogP contribution in [0.1, 0.15) is 57.4 Å². The van der Waals surface area contributed by atoms with Gasteiger partial charge in [-0.05, 0) is 19.3 Å². The number of aliphatic hydroxyl groups is 1. The van der Waals surface area contributed by atoms with Gasteiger partial charge in [-0.15, -0.1) is 0 Å². The van der Waals surface area contributed by atoms with Gasteiger partial charge in [0.15, 0.2) is 5.76 Å². The normalized spacial score (nSPS) is 13.0. The van der Waals surface area contributed by atoms with Crippen molar-refractivity contribution in [3.05, 3.63) is 42.4 Å². The number of aliphatic hydroxyl groups excluding tert-OH is 1. The number of unbranched alkanes of at least 4 members (excludes halogenated alkanes) is 2. The number of likely N-dealkylation sites (N-methyl/N-ethyl adjacent to an activating group) is 1. The number of nitrogens with zero attached hydrogens (tertiary/aromatic N) is 2. The molecule has 7 nitrogen and oxygen atoms in total. The summed E-state index contributed by atoms with van der Waals surface area (Å²) in [4.78, 5) is 29.8. The van der Waals surface area contributed by atoms with E-state index < -0.39 is 17.9 Å². The summed E-state index contributed by atoms with van der Waals surface area (Å²) < 4.78 is 5.89. The molecule has 0 aliphatic rings. The number of hydrogen-bond donors (Lipinski definition) is 2. The second-order valence-corrected chi connectivity index (χ2v) is 7.35. The number of carbonyl (C=O) groups is 2. The maximum atomic E-state index is 12.3. The first-order chi connectivity index (χ1) is 13.9. The molecule has 1 aromatic heterocycles. The van der Waals surface area contributed by atoms with E-state index in [9.17, 15) is 14.7 Å². The van der Waals surface area contributed by atoms with Gasteiger partial charge < -0.3 is 19.7 Å². The minimum atomic E-state index is -0.680. The zero-order valence-corrected chi connectivity index (χ0v) is 17.4. The van der Waals surface area contributed by atoms with Crippen molar-refractivity contribution in [2.75, 3.05) is 14.1 Å². The van der Waals surface area contributed by atoms with E-state index in [-0.39, 0.29) is 6.10 Å². The van der Waals surface area contributed by atoms with Crippen LogP contribution in [0.2, 0.25) is 0 Å². The van der Waals surface area contributed by atoms with E-state index in [0.717, 1.165) is 37.7 Å². The Bertz CT molecular complexity index is 773. The predicted octanol–water partition coefficient (Wildman–Crippen LogP) is 3.31. The Morgan fingerprint density at radius 1 is 1.14 bits per heavy atom. The van der Waals surface area contributed by atoms with Crippen LogP contribution >= 0.6 is 0 Å². The van der Waals surface area contributed by atoms with Crippen molar-refractivity contribution in [2.45, 2.75) is 57.6 Å². The van der Waals surface area contributed by atoms with Gasteiger partial charge in [-0.1, -0.05) is 56.5 Å². The summed E-state index contributed by atoms with van der Waals surface area (Å²) in [6, 6.07) is 9.11. The number of oxazole rings is 1. The molecule has 0 radical (unpaired) electrons. The number of nitrogens with one attached hydrogen (secondary N) is 1. The zero-order chi connectivity index (χ0) is 21.2. The van der Waals surface area contributed by atoms with Gasteiger partial charge in [-0.2, -0.15) is 0 Å². The fourth-order valence-corrected chi connectivity index (χ4v) is 2.97. The third-order valence-corrected chi connectivity index (χ3v) is 4.79. The van der Waals surface area contributed by atoms with Gasteiger partial charge in [0.05, 0.1) is 12.3 Å². The van der Waals surface area contributed by atoms with Crippen molar-refractivity contribution in [2.24, 2.45) is 0 Å². The van der Waals surface area contributed by atoms with E-state index in [4.69, 9.17) is 4.42 Å². The molecule has 158 valence electrons. The van der Waals surface area contributed by atoms with E-state index in [2.05, 4.69) is 10.3 Å². The molecule has 2 aromatic rings. The fraction of sp³-hybridized carbons (Fsp3) is 0.500. The molecule has 0 saturated carbocycles. The number of rotatable bonds is 10. The van der Waals surface area contributed by atoms with Crippen LogP contribution < -0.4 is 5.32 Å². The Morgan fingerprint density at radius 2 is 1.83 bits per heavy atom. The lowest BCUT2D eigenvalue weighted by Crippen LogP contribution is -2.41. The zero-order valence-electron chi connectivity index (χ0n) is 17.4. The van der Waals surface area contributed by atoms with Crippen LogP contribution in [0.15, 0.2) is 40.9 Å². The summed E-state index contributed by atoms with van der Waals surface area (Å²) in [5.74, 6) is -0.293. The minimum absolute atomic E-state index is 0.261. The van der Waals surface area contributed by atoms with Crippen molar-refractivity contribution >= 4 is 11.8 Å². The van der Waals surface area contributed by atoms with Crippen molar-refractivity contribution in [3.63, 3.8) is 0 Å². The Kier molecular flexibility index (Phi) is 8.86. The molecule has 0 spiro atoms. The summed E-state index contributed by atoms with van der Waals surface area (Å²) in [6.45, 7) is 1.96. The van der Waals surface area contributed by atoms with Gasteiger partial charge in [-0.3, -0.25) is 9.59 Å². The molecule has 0 aliphatic carbocycles. The van der Waals surface area contributed by atoms with Crippen LogP contribution in [0.4, 0.5) is 0 Å². The monoisotopic (exact) mass is 401 g/mol. The van der Waals surface area contributed by atoms with Crippen molar-refractivity contribution < 1.29 is 19.1 Å². The smallest absolute Gasteiger partial charge is 0.311 e. The molecule has 1 aromatic carbocycles. The van der Waals surface area contributed by atoms with Gasteiger partial charge >= 0.3 is 11.8 Å². The number of amides is 2. The Balaban J connectivity index is 2.05. The van der Waals surface area contributed by atoms with Crippen LogP contribution in [0.25, 0.3) is 11.3 Å². The van der Waals surface area contributed by atoms with Gasteiger partial charge in [-0.25, -0.2) is 4.98 Å². The molecule has 0 aliphatic heterocycles. The molecule has 0 fully saturated rings. The largest absolute Gasteiger partial charge is 0.438 e. The summed E-state index contributed by atoms with van der Waals surface area (Å²) in [5, 5.41) is 12.4. The second-order valence-electron chi connectivity index (χ2n) is 7.35. The average molecular weight is 402 g/mol. The number of carbonyl (C=O) groups excluding carboxylic acids is 2. The fourth-order valence-electron chi connectivity index (χ4n) is 2.97. The molecule has 1 heterocycles. The molecule has 0 saturated heterocycles. The summed E-state index contributed by atoms with van der Waals surface area (Å²) in [5.41, 5.74) is 0.897. The van der Waals surface area contributed by atoms with E-state index in [1.54, 1.807) is 6.20 Å². The molecule has 2 atom stereocenters. The second kappa shape index (κ2) is 11.4. The number of benzene rings is 1. The first-order valence-corrected chi connectivity index (χ1v) is 10.1. The highest BCUT2D eigenvalue weighted by atomic mass is 16.4. The Hall–Kier alpha value is -2.67. The van der Waals surface area contributed by atoms with Crippen LogP contribution in [0, 0.1) is 0 Å². The lowest BCUT2D eigenvalue weighted by molar-refractivity contribution is -0.144. The number of hydrogen-bond acceptors (Lipinski definition) is 5. The van der Waals surface area contributed by atoms with Crippen LogP contribution in [-0.4, -0.2) is 47.0 Å². The van der Waals surface area contributed by atoms with E-state index >= 15 is 0 Å². The van der Waals surface area contributed by atoms with Gasteiger partial charge in [0.25, 0.3) is 0 Å². The quantitative estimate of drug-likeness (QED) is 0.470. The van der Waals surface area contributed by atoms with Crippen molar-refractivity contribution in [1.82, 2.24) is 15.2 Å². The third kappa shape index (κ3) is 7.02. The lowest BCUT2D eigenvalue weighted by atomic mass is 10.0. The first-order valence-electron chi connectivity index (χ1n) is 10.1. The van der Waals surface area contributed by atoms with Gasteiger partial charge in [0, 0.05) is 19.7 Å². The van der Waals surface area contributed by atoms with Crippen molar-refractivity contribution in [1.29, 1.82) is 0 Å². The molecular weight excluding hydrogens is 370 g/mol. The molecule has 0 bridgehead atoms. The lowest BCUT2D eigenvalue weighted by Gasteiger charge is -2.17. The van der Waals surface area contributed by atoms with Crippen LogP contribution in [0.5, 0.6) is 0 Å². The standard InChI is InChI=1S/C22H31N3O4/c1-4-17(26)13-9-6-10-14-18(24-20(27)22(28)25(2)3)21-23-15-19(29-21)16-11-7-5-8-12-16/h5,7-8,11-12,15,17-18,26H,4,6,9-10,13-14H2,1-3H3,(H,24,27)/t17-,18-/m0/s1. The highest BCUT2D eigenvalue weighted by Crippen LogP contribution is 2.26. The molecule has 2 rings (SSSR count). The van der Waals surface area contributed by atoms with E-state index in [1.807, 2.05) is 37.3 Å². The Morgan fingerprint density at radius 3 is 2.48 bits per heavy atom. The number of aromatic nitrogens is 1. The summed E-state index contributed by atoms with van der Waals surface area (Å²) >= 11 is 0. The van der Waals surface area contributed by atoms with Crippen LogP contribution in [-0.2, 0) is 9.59 Å². The molecule has 2 N–H and O–H groups in total. The average Bonchev–Trinajstić information content (AvgIpc) is 3.22. The van der Waals surface area contributed by atoms with Gasteiger partial charge in [0.1, 0.15) is 6.04 Å². The molecule has 29 heavy (non-hydrogen) atoms. The molecular formula is C22H31N3O4. The molecule has 2 amide bonds. The van der Waals surface area contributed by atoms with Crippen molar-refractivity contribution in [3.8, 4) is 11.3 Å². The van der Waals surface area contributed by atoms with E-state index in [1.165, 1.54) is 19.0 Å². The van der Waals surface area contributed by atoms with Crippen LogP contribution in [0.3, 0.4) is 0 Å². The van der Waals surface area contributed by atoms with Gasteiger partial charge in [0.2, 0.25) is 5.89 Å². The SMILES string of the molecule is CC[C@H](O)CCCCC[C@H](NC(=O)C(=O)N(C)C)c1ncc(-c2ccccc2)o1. The highest BCUT2D eigenvalue weighted by Gasteiger charge is 2.24. The summed E-state index contributed by atoms with van der Waals surface area (Å²) in [7, 11) is 3.07. The topological polar surface area (TPSA) is 95.7 Å². The Labute approximate surface area is 172 Å². The third-order valence-electron chi connectivity index (χ3n) is 4.79. The minimum Gasteiger partial charge on any atom is -0.438 e. The molecule has 0 unspecified atom stereocenters. The van der Waals surface area contributed by atoms with E-state index in [0.29, 0.717) is 18.1 Å². The maximum absolute atomic E-state index is 12.3. The molecule has 7 heteroatoms. The first kappa shape index (κ1) is 22.6.